The van der Waals surface area contributed by atoms with E-state index in [9.17, 15) is 4.79 Å². The molecule has 2 aromatic heterocycles. The maximum absolute atomic E-state index is 11.8. The van der Waals surface area contributed by atoms with Gasteiger partial charge >= 0.3 is 5.97 Å². The van der Waals surface area contributed by atoms with Gasteiger partial charge in [-0.1, -0.05) is 6.07 Å². The Kier molecular flexibility index (Phi) is 3.27. The molecule has 94 valence electrons. The van der Waals surface area contributed by atoms with E-state index in [0.29, 0.717) is 17.1 Å². The molecule has 0 bridgehead atoms. The van der Waals surface area contributed by atoms with Crippen molar-refractivity contribution in [1.82, 2.24) is 14.8 Å². The lowest BCUT2D eigenvalue weighted by Gasteiger charge is -2.02. The Labute approximate surface area is 104 Å². The molecule has 0 saturated carbocycles. The fraction of sp³-hybridized carbons (Fsp3) is 0.250. The van der Waals surface area contributed by atoms with E-state index in [1.54, 1.807) is 32.3 Å². The average Bonchev–Trinajstić information content (AvgIpc) is 2.67. The summed E-state index contributed by atoms with van der Waals surface area (Å²) < 4.78 is 6.40. The highest BCUT2D eigenvalue weighted by Gasteiger charge is 2.23. The summed E-state index contributed by atoms with van der Waals surface area (Å²) in [6, 6.07) is 5.39. The van der Waals surface area contributed by atoms with E-state index in [0.717, 1.165) is 0 Å². The molecule has 2 heterocycles. The number of nitrogens with two attached hydrogens (primary N) is 1. The fourth-order valence-electron chi connectivity index (χ4n) is 1.64. The number of nitrogen functional groups attached to an aromatic ring is 1. The number of ether oxygens (including phenoxy) is 1. The van der Waals surface area contributed by atoms with Gasteiger partial charge < -0.3 is 10.5 Å². The van der Waals surface area contributed by atoms with Gasteiger partial charge in [-0.25, -0.2) is 4.79 Å². The third kappa shape index (κ3) is 2.04. The summed E-state index contributed by atoms with van der Waals surface area (Å²) in [7, 11) is 1.67. The van der Waals surface area contributed by atoms with Crippen LogP contribution in [0.25, 0.3) is 11.3 Å². The Morgan fingerprint density at radius 3 is 2.89 bits per heavy atom. The van der Waals surface area contributed by atoms with E-state index in [2.05, 4.69) is 10.1 Å². The summed E-state index contributed by atoms with van der Waals surface area (Å²) in [5.74, 6) is -0.109. The molecule has 0 aliphatic rings. The van der Waals surface area contributed by atoms with Crippen LogP contribution in [0.3, 0.4) is 0 Å². The van der Waals surface area contributed by atoms with Gasteiger partial charge in [0, 0.05) is 13.2 Å². The highest BCUT2D eigenvalue weighted by Crippen LogP contribution is 2.27. The lowest BCUT2D eigenvalue weighted by atomic mass is 10.1. The smallest absolute Gasteiger partial charge is 0.359 e. The number of hydrogen-bond donors (Lipinski definition) is 1. The Bertz CT molecular complexity index is 563. The van der Waals surface area contributed by atoms with E-state index in [-0.39, 0.29) is 12.3 Å². The summed E-state index contributed by atoms with van der Waals surface area (Å²) in [6.07, 6.45) is 1.64. The lowest BCUT2D eigenvalue weighted by Crippen LogP contribution is -2.07. The molecule has 2 aromatic rings. The van der Waals surface area contributed by atoms with Gasteiger partial charge in [0.05, 0.1) is 17.9 Å². The normalized spacial score (nSPS) is 10.3. The Balaban J connectivity index is 2.55. The highest BCUT2D eigenvalue weighted by molar-refractivity contribution is 5.97. The number of nitrogens with zero attached hydrogens (tertiary/aromatic N) is 3. The number of hydrogen-bond acceptors (Lipinski definition) is 5. The highest BCUT2D eigenvalue weighted by atomic mass is 16.5. The van der Waals surface area contributed by atoms with Gasteiger partial charge in [-0.15, -0.1) is 0 Å². The predicted molar refractivity (Wildman–Crippen MR) is 66.8 cm³/mol. The van der Waals surface area contributed by atoms with Gasteiger partial charge in [-0.05, 0) is 19.1 Å². The molecule has 18 heavy (non-hydrogen) atoms. The molecule has 0 radical (unpaired) electrons. The molecule has 0 fully saturated rings. The van der Waals surface area contributed by atoms with Crippen LogP contribution in [0, 0.1) is 0 Å². The van der Waals surface area contributed by atoms with Crippen LogP contribution in [0.15, 0.2) is 24.4 Å². The SMILES string of the molecule is CCOC(=O)c1nn(C)c(N)c1-c1ccccn1. The second kappa shape index (κ2) is 4.87. The second-order valence-electron chi connectivity index (χ2n) is 3.67. The number of esters is 1. The third-order valence-electron chi connectivity index (χ3n) is 2.48. The summed E-state index contributed by atoms with van der Waals surface area (Å²) in [5.41, 5.74) is 7.23. The molecular formula is C12H14N4O2. The van der Waals surface area contributed by atoms with Crippen molar-refractivity contribution < 1.29 is 9.53 Å². The first-order chi connectivity index (χ1) is 8.65. The van der Waals surface area contributed by atoms with Crippen molar-refractivity contribution >= 4 is 11.8 Å². The summed E-state index contributed by atoms with van der Waals surface area (Å²) >= 11 is 0. The number of aryl methyl sites for hydroxylation is 1. The van der Waals surface area contributed by atoms with Crippen LogP contribution in [0.4, 0.5) is 5.82 Å². The van der Waals surface area contributed by atoms with Crippen LogP contribution in [-0.2, 0) is 11.8 Å². The quantitative estimate of drug-likeness (QED) is 0.824. The van der Waals surface area contributed by atoms with Crippen LogP contribution in [0.5, 0.6) is 0 Å². The zero-order chi connectivity index (χ0) is 13.1. The van der Waals surface area contributed by atoms with Crippen LogP contribution >= 0.6 is 0 Å². The number of pyridine rings is 1. The second-order valence-corrected chi connectivity index (χ2v) is 3.67. The van der Waals surface area contributed by atoms with Crippen molar-refractivity contribution in [2.75, 3.05) is 12.3 Å². The summed E-state index contributed by atoms with van der Waals surface area (Å²) in [4.78, 5) is 16.0. The first kappa shape index (κ1) is 12.1. The molecule has 0 amide bonds. The van der Waals surface area contributed by atoms with E-state index >= 15 is 0 Å². The molecule has 0 aliphatic heterocycles. The van der Waals surface area contributed by atoms with Crippen LogP contribution < -0.4 is 5.73 Å². The Morgan fingerprint density at radius 2 is 2.28 bits per heavy atom. The molecule has 0 unspecified atom stereocenters. The molecule has 0 saturated heterocycles. The average molecular weight is 246 g/mol. The van der Waals surface area contributed by atoms with Crippen molar-refractivity contribution in [2.24, 2.45) is 7.05 Å². The number of anilines is 1. The van der Waals surface area contributed by atoms with Gasteiger partial charge in [-0.2, -0.15) is 5.10 Å². The first-order valence-electron chi connectivity index (χ1n) is 5.56. The van der Waals surface area contributed by atoms with Crippen LogP contribution in [-0.4, -0.2) is 27.3 Å². The van der Waals surface area contributed by atoms with E-state index in [1.165, 1.54) is 4.68 Å². The maximum Gasteiger partial charge on any atom is 0.359 e. The van der Waals surface area contributed by atoms with Gasteiger partial charge in [0.1, 0.15) is 5.82 Å². The zero-order valence-corrected chi connectivity index (χ0v) is 10.3. The van der Waals surface area contributed by atoms with Crippen molar-refractivity contribution in [2.45, 2.75) is 6.92 Å². The van der Waals surface area contributed by atoms with Crippen molar-refractivity contribution in [3.63, 3.8) is 0 Å². The number of rotatable bonds is 3. The molecular weight excluding hydrogens is 232 g/mol. The molecule has 0 atom stereocenters. The molecule has 2 N–H and O–H groups in total. The maximum atomic E-state index is 11.8. The predicted octanol–water partition coefficient (Wildman–Crippen LogP) is 1.24. The summed E-state index contributed by atoms with van der Waals surface area (Å²) in [6.45, 7) is 2.03. The number of carbonyl (C=O) groups excluding carboxylic acids is 1. The first-order valence-corrected chi connectivity index (χ1v) is 5.56. The minimum Gasteiger partial charge on any atom is -0.461 e. The van der Waals surface area contributed by atoms with Crippen LogP contribution in [0.1, 0.15) is 17.4 Å². The van der Waals surface area contributed by atoms with Gasteiger partial charge in [0.2, 0.25) is 0 Å². The van der Waals surface area contributed by atoms with Gasteiger partial charge in [-0.3, -0.25) is 9.67 Å². The lowest BCUT2D eigenvalue weighted by molar-refractivity contribution is 0.0519. The largest absolute Gasteiger partial charge is 0.461 e. The zero-order valence-electron chi connectivity index (χ0n) is 10.3. The van der Waals surface area contributed by atoms with E-state index in [4.69, 9.17) is 10.5 Å². The Morgan fingerprint density at radius 1 is 1.50 bits per heavy atom. The van der Waals surface area contributed by atoms with Gasteiger partial charge in [0.15, 0.2) is 5.69 Å². The standard InChI is InChI=1S/C12H14N4O2/c1-3-18-12(17)10-9(11(13)16(2)15-10)8-6-4-5-7-14-8/h4-7H,3,13H2,1-2H3. The minimum absolute atomic E-state index is 0.190. The van der Waals surface area contributed by atoms with E-state index in [1.807, 2.05) is 6.07 Å². The molecule has 6 nitrogen and oxygen atoms in total. The third-order valence-corrected chi connectivity index (χ3v) is 2.48. The van der Waals surface area contributed by atoms with E-state index < -0.39 is 5.97 Å². The Hall–Kier alpha value is -2.37. The molecule has 6 heteroatoms. The monoisotopic (exact) mass is 246 g/mol. The molecule has 0 spiro atoms. The summed E-state index contributed by atoms with van der Waals surface area (Å²) in [5, 5.41) is 4.08. The fourth-order valence-corrected chi connectivity index (χ4v) is 1.64. The molecule has 2 rings (SSSR count). The van der Waals surface area contributed by atoms with Crippen molar-refractivity contribution in [3.8, 4) is 11.3 Å². The van der Waals surface area contributed by atoms with Crippen LogP contribution in [0.2, 0.25) is 0 Å². The topological polar surface area (TPSA) is 83.0 Å². The van der Waals surface area contributed by atoms with Crippen molar-refractivity contribution in [3.05, 3.63) is 30.1 Å². The molecule has 0 aliphatic carbocycles. The van der Waals surface area contributed by atoms with Crippen molar-refractivity contribution in [1.29, 1.82) is 0 Å². The minimum atomic E-state index is -0.495. The van der Waals surface area contributed by atoms with Gasteiger partial charge in [0.25, 0.3) is 0 Å². The molecule has 0 aromatic carbocycles. The number of aromatic nitrogens is 3. The number of carbonyl (C=O) groups is 1.